The van der Waals surface area contributed by atoms with Crippen LogP contribution in [0.15, 0.2) is 110 Å². The van der Waals surface area contributed by atoms with Crippen molar-refractivity contribution in [1.29, 1.82) is 0 Å². The van der Waals surface area contributed by atoms with Crippen LogP contribution in [-0.2, 0) is 20.2 Å². The number of carbonyl (C=O) groups is 1. The Hall–Kier alpha value is -5.48. The van der Waals surface area contributed by atoms with Gasteiger partial charge in [-0.2, -0.15) is 32.2 Å². The number of para-hydroxylation sites is 1. The largest absolute Gasteiger partial charge is 0.494 e. The molecule has 0 aromatic heterocycles. The highest BCUT2D eigenvalue weighted by atomic mass is 32.2. The summed E-state index contributed by atoms with van der Waals surface area (Å²) >= 11 is 0. The maximum absolute atomic E-state index is 13.5. The standard InChI is InChI=1S/C33H29N5O8S2/c1-4-8-21-16-25(12-14-30(21)47(40,41)42)35-36-27-19-29(46-3)28(15-20(27)2)37-38-32-31(48(43,44)45)18-22-17-24(11-13-26(22)33(32)39)34-23-9-6-5-7-10-23/h4-19,34,37H,1-3H3,(H,40,41,42)(H,43,44,45)/b8-4+,36-35?,38-32+. The zero-order chi connectivity index (χ0) is 34.6. The van der Waals surface area contributed by atoms with Crippen molar-refractivity contribution in [3.8, 4) is 5.75 Å². The zero-order valence-corrected chi connectivity index (χ0v) is 27.4. The van der Waals surface area contributed by atoms with Crippen LogP contribution in [0.3, 0.4) is 0 Å². The second kappa shape index (κ2) is 13.7. The molecule has 4 N–H and O–H groups in total. The Morgan fingerprint density at radius 1 is 0.854 bits per heavy atom. The van der Waals surface area contributed by atoms with Crippen molar-refractivity contribution in [1.82, 2.24) is 0 Å². The van der Waals surface area contributed by atoms with Gasteiger partial charge in [-0.1, -0.05) is 30.4 Å². The number of nitrogens with zero attached hydrogens (tertiary/aromatic N) is 3. The number of hydrazone groups is 1. The minimum atomic E-state index is -4.87. The topological polar surface area (TPSA) is 196 Å². The number of allylic oxidation sites excluding steroid dienone is 2. The number of nitrogens with one attached hydrogen (secondary N) is 2. The van der Waals surface area contributed by atoms with Crippen LogP contribution in [0.4, 0.5) is 28.4 Å². The van der Waals surface area contributed by atoms with E-state index in [4.69, 9.17) is 4.74 Å². The lowest BCUT2D eigenvalue weighted by Gasteiger charge is -2.18. The molecule has 0 saturated heterocycles. The number of azo groups is 1. The number of hydrogen-bond donors (Lipinski definition) is 4. The van der Waals surface area contributed by atoms with Gasteiger partial charge in [0.2, 0.25) is 5.78 Å². The Kier molecular flexibility index (Phi) is 9.67. The fourth-order valence-corrected chi connectivity index (χ4v) is 6.14. The molecule has 0 unspecified atom stereocenters. The summed E-state index contributed by atoms with van der Waals surface area (Å²) in [7, 11) is -7.94. The number of ketones is 1. The number of rotatable bonds is 10. The second-order valence-electron chi connectivity index (χ2n) is 10.4. The molecule has 0 spiro atoms. The lowest BCUT2D eigenvalue weighted by Crippen LogP contribution is -2.27. The molecule has 0 radical (unpaired) electrons. The summed E-state index contributed by atoms with van der Waals surface area (Å²) in [6, 6.07) is 21.2. The summed E-state index contributed by atoms with van der Waals surface area (Å²) in [6.07, 6.45) is 4.31. The van der Waals surface area contributed by atoms with Gasteiger partial charge < -0.3 is 10.1 Å². The van der Waals surface area contributed by atoms with Gasteiger partial charge in [0.1, 0.15) is 15.6 Å². The molecule has 0 atom stereocenters. The minimum absolute atomic E-state index is 0.183. The van der Waals surface area contributed by atoms with Gasteiger partial charge in [0.25, 0.3) is 20.2 Å². The number of hydrogen-bond acceptors (Lipinski definition) is 11. The molecule has 0 bridgehead atoms. The van der Waals surface area contributed by atoms with E-state index in [2.05, 4.69) is 26.1 Å². The van der Waals surface area contributed by atoms with E-state index < -0.39 is 36.6 Å². The van der Waals surface area contributed by atoms with Gasteiger partial charge in [0, 0.05) is 23.0 Å². The van der Waals surface area contributed by atoms with Crippen molar-refractivity contribution in [2.75, 3.05) is 17.9 Å². The highest BCUT2D eigenvalue weighted by Crippen LogP contribution is 2.35. The minimum Gasteiger partial charge on any atom is -0.494 e. The van der Waals surface area contributed by atoms with E-state index in [-0.39, 0.29) is 33.0 Å². The molecule has 5 rings (SSSR count). The molecule has 4 aromatic rings. The Balaban J connectivity index is 1.44. The molecule has 246 valence electrons. The molecule has 13 nitrogen and oxygen atoms in total. The molecule has 0 aliphatic heterocycles. The summed E-state index contributed by atoms with van der Waals surface area (Å²) < 4.78 is 73.2. The molecule has 0 amide bonds. The number of fused-ring (bicyclic) bond motifs is 1. The van der Waals surface area contributed by atoms with E-state index in [9.17, 15) is 30.7 Å². The molecule has 0 fully saturated rings. The lowest BCUT2D eigenvalue weighted by atomic mass is 9.94. The van der Waals surface area contributed by atoms with Crippen molar-refractivity contribution in [2.24, 2.45) is 15.3 Å². The fourth-order valence-electron chi connectivity index (χ4n) is 4.82. The molecule has 1 aliphatic rings. The van der Waals surface area contributed by atoms with E-state index in [1.54, 1.807) is 38.1 Å². The fraction of sp³-hybridized carbons (Fsp3) is 0.0909. The average Bonchev–Trinajstić information content (AvgIpc) is 3.03. The summed E-state index contributed by atoms with van der Waals surface area (Å²) in [4.78, 5) is 12.5. The predicted octanol–water partition coefficient (Wildman–Crippen LogP) is 7.34. The molecule has 0 saturated carbocycles. The highest BCUT2D eigenvalue weighted by Gasteiger charge is 2.33. The first-order chi connectivity index (χ1) is 22.8. The van der Waals surface area contributed by atoms with Gasteiger partial charge in [-0.15, -0.1) is 0 Å². The van der Waals surface area contributed by atoms with Gasteiger partial charge >= 0.3 is 0 Å². The average molecular weight is 688 g/mol. The van der Waals surface area contributed by atoms with E-state index in [1.807, 2.05) is 30.3 Å². The quantitative estimate of drug-likeness (QED) is 0.0744. The third kappa shape index (κ3) is 7.56. The monoisotopic (exact) mass is 687 g/mol. The van der Waals surface area contributed by atoms with Gasteiger partial charge in [0.15, 0.2) is 5.71 Å². The highest BCUT2D eigenvalue weighted by molar-refractivity contribution is 7.91. The van der Waals surface area contributed by atoms with Crippen LogP contribution >= 0.6 is 0 Å². The zero-order valence-electron chi connectivity index (χ0n) is 25.7. The van der Waals surface area contributed by atoms with Crippen molar-refractivity contribution in [2.45, 2.75) is 18.7 Å². The second-order valence-corrected chi connectivity index (χ2v) is 13.2. The number of benzene rings is 4. The maximum atomic E-state index is 13.5. The third-order valence-corrected chi connectivity index (χ3v) is 8.86. The van der Waals surface area contributed by atoms with Crippen molar-refractivity contribution in [3.63, 3.8) is 0 Å². The smallest absolute Gasteiger partial charge is 0.296 e. The van der Waals surface area contributed by atoms with Crippen LogP contribution in [0.1, 0.15) is 34.0 Å². The molecule has 1 aliphatic carbocycles. The van der Waals surface area contributed by atoms with E-state index in [0.717, 1.165) is 5.69 Å². The number of anilines is 3. The van der Waals surface area contributed by atoms with Crippen LogP contribution in [-0.4, -0.2) is 44.5 Å². The lowest BCUT2D eigenvalue weighted by molar-refractivity contribution is 0.106. The Bertz CT molecular complexity index is 2260. The van der Waals surface area contributed by atoms with Crippen LogP contribution in [0.2, 0.25) is 0 Å². The van der Waals surface area contributed by atoms with E-state index in [0.29, 0.717) is 22.6 Å². The summed E-state index contributed by atoms with van der Waals surface area (Å²) in [5.41, 5.74) is 5.75. The number of aryl methyl sites for hydroxylation is 1. The van der Waals surface area contributed by atoms with Gasteiger partial charge in [0.05, 0.1) is 24.2 Å². The third-order valence-electron chi connectivity index (χ3n) is 7.07. The van der Waals surface area contributed by atoms with Gasteiger partial charge in [-0.05, 0) is 91.2 Å². The maximum Gasteiger partial charge on any atom is 0.296 e. The van der Waals surface area contributed by atoms with Gasteiger partial charge in [-0.3, -0.25) is 19.3 Å². The molecule has 4 aromatic carbocycles. The number of ether oxygens (including phenoxy) is 1. The van der Waals surface area contributed by atoms with Crippen LogP contribution in [0.25, 0.3) is 12.2 Å². The predicted molar refractivity (Wildman–Crippen MR) is 184 cm³/mol. The molecule has 0 heterocycles. The van der Waals surface area contributed by atoms with Crippen LogP contribution in [0.5, 0.6) is 5.75 Å². The van der Waals surface area contributed by atoms with Crippen LogP contribution in [0, 0.1) is 6.92 Å². The molecule has 15 heteroatoms. The molecular weight excluding hydrogens is 659 g/mol. The first-order valence-electron chi connectivity index (χ1n) is 14.2. The number of Topliss-reactive ketones (excluding diaryl/α,β-unsaturated/α-hetero) is 1. The van der Waals surface area contributed by atoms with E-state index in [1.165, 1.54) is 49.6 Å². The first kappa shape index (κ1) is 33.9. The summed E-state index contributed by atoms with van der Waals surface area (Å²) in [6.45, 7) is 3.41. The normalized spacial score (nSPS) is 14.3. The molecule has 48 heavy (non-hydrogen) atoms. The van der Waals surface area contributed by atoms with Crippen molar-refractivity contribution < 1.29 is 35.5 Å². The summed E-state index contributed by atoms with van der Waals surface area (Å²) in [5, 5.41) is 15.7. The number of methoxy groups -OCH3 is 1. The Morgan fingerprint density at radius 2 is 1.60 bits per heavy atom. The van der Waals surface area contributed by atoms with Crippen LogP contribution < -0.4 is 15.5 Å². The number of carbonyl (C=O) groups excluding carboxylic acids is 1. The molecular formula is C33H29N5O8S2. The van der Waals surface area contributed by atoms with Crippen molar-refractivity contribution >= 4 is 72.3 Å². The van der Waals surface area contributed by atoms with E-state index >= 15 is 0 Å². The first-order valence-corrected chi connectivity index (χ1v) is 17.0. The summed E-state index contributed by atoms with van der Waals surface area (Å²) in [5.74, 6) is -0.509. The van der Waals surface area contributed by atoms with Gasteiger partial charge in [-0.25, -0.2) is 0 Å². The SMILES string of the molecule is C/C=C/c1cc(N=Nc2cc(OC)c(N/N=C3/C(=O)c4ccc(Nc5ccccc5)cc4C=C3S(=O)(=O)O)cc2C)ccc1S(=O)(=O)O. The Labute approximate surface area is 276 Å². The van der Waals surface area contributed by atoms with Crippen molar-refractivity contribution in [3.05, 3.63) is 112 Å². The Morgan fingerprint density at radius 3 is 2.27 bits per heavy atom.